The van der Waals surface area contributed by atoms with E-state index in [9.17, 15) is 9.50 Å². The molecule has 0 unspecified atom stereocenters. The summed E-state index contributed by atoms with van der Waals surface area (Å²) in [6.45, 7) is 1.62. The van der Waals surface area contributed by atoms with Gasteiger partial charge in [-0.15, -0.1) is 0 Å². The second-order valence-electron chi connectivity index (χ2n) is 3.76. The van der Waals surface area contributed by atoms with E-state index in [0.717, 1.165) is 0 Å². The molecule has 0 aliphatic heterocycles. The Morgan fingerprint density at radius 2 is 2.17 bits per heavy atom. The van der Waals surface area contributed by atoms with Gasteiger partial charge < -0.3 is 9.84 Å². The number of halogens is 2. The van der Waals surface area contributed by atoms with Crippen LogP contribution < -0.4 is 4.74 Å². The van der Waals surface area contributed by atoms with E-state index in [0.29, 0.717) is 5.56 Å². The molecule has 94 valence electrons. The van der Waals surface area contributed by atoms with Gasteiger partial charge in [0.2, 0.25) is 5.88 Å². The van der Waals surface area contributed by atoms with Crippen LogP contribution in [0.15, 0.2) is 36.5 Å². The molecule has 0 spiro atoms. The van der Waals surface area contributed by atoms with Gasteiger partial charge in [-0.25, -0.2) is 9.37 Å². The average molecular weight is 268 g/mol. The number of rotatable bonds is 3. The van der Waals surface area contributed by atoms with E-state index in [1.54, 1.807) is 25.1 Å². The molecular weight excluding hydrogens is 257 g/mol. The second-order valence-corrected chi connectivity index (χ2v) is 4.16. The first-order chi connectivity index (χ1) is 8.58. The molecule has 3 nitrogen and oxygen atoms in total. The van der Waals surface area contributed by atoms with Crippen molar-refractivity contribution < 1.29 is 14.2 Å². The maximum absolute atomic E-state index is 13.6. The highest BCUT2D eigenvalue weighted by Gasteiger charge is 2.10. The fraction of sp³-hybridized carbons (Fsp3) is 0.154. The van der Waals surface area contributed by atoms with E-state index in [4.69, 9.17) is 16.3 Å². The highest BCUT2D eigenvalue weighted by molar-refractivity contribution is 6.30. The van der Waals surface area contributed by atoms with Gasteiger partial charge in [0.15, 0.2) is 11.6 Å². The topological polar surface area (TPSA) is 42.4 Å². The zero-order valence-electron chi connectivity index (χ0n) is 9.60. The maximum Gasteiger partial charge on any atom is 0.219 e. The van der Waals surface area contributed by atoms with Crippen molar-refractivity contribution in [1.82, 2.24) is 4.98 Å². The third-order valence-corrected chi connectivity index (χ3v) is 2.66. The number of ether oxygens (including phenoxy) is 1. The van der Waals surface area contributed by atoms with E-state index >= 15 is 0 Å². The lowest BCUT2D eigenvalue weighted by Gasteiger charge is -2.09. The van der Waals surface area contributed by atoms with Crippen LogP contribution in [0.25, 0.3) is 0 Å². The van der Waals surface area contributed by atoms with Crippen molar-refractivity contribution in [3.8, 4) is 11.6 Å². The van der Waals surface area contributed by atoms with Crippen LogP contribution in [0.3, 0.4) is 0 Å². The molecule has 2 aromatic rings. The predicted octanol–water partition coefficient (Wildman–Crippen LogP) is 3.72. The SMILES string of the molecule is C[C@@H](O)c1ccnc(Oc2cccc(Cl)c2F)c1. The minimum atomic E-state index is -0.639. The number of benzene rings is 1. The highest BCUT2D eigenvalue weighted by Crippen LogP contribution is 2.28. The third kappa shape index (κ3) is 2.78. The smallest absolute Gasteiger partial charge is 0.219 e. The van der Waals surface area contributed by atoms with Crippen molar-refractivity contribution in [2.24, 2.45) is 0 Å². The monoisotopic (exact) mass is 267 g/mol. The van der Waals surface area contributed by atoms with Crippen LogP contribution in [0.2, 0.25) is 5.02 Å². The molecule has 1 aromatic heterocycles. The standard InChI is InChI=1S/C13H11ClFNO2/c1-8(17)9-5-6-16-12(7-9)18-11-4-2-3-10(14)13(11)15/h2-8,17H,1H3/t8-/m1/s1. The molecule has 0 radical (unpaired) electrons. The number of nitrogens with zero attached hydrogens (tertiary/aromatic N) is 1. The fourth-order valence-corrected chi connectivity index (χ4v) is 1.58. The van der Waals surface area contributed by atoms with Crippen LogP contribution in [-0.4, -0.2) is 10.1 Å². The Morgan fingerprint density at radius 1 is 1.39 bits per heavy atom. The molecule has 1 aromatic carbocycles. The summed E-state index contributed by atoms with van der Waals surface area (Å²) in [7, 11) is 0. The van der Waals surface area contributed by atoms with Gasteiger partial charge in [-0.05, 0) is 30.7 Å². The summed E-state index contributed by atoms with van der Waals surface area (Å²) in [5.74, 6) is -0.435. The summed E-state index contributed by atoms with van der Waals surface area (Å²) in [5, 5.41) is 9.42. The van der Waals surface area contributed by atoms with Gasteiger partial charge in [-0.3, -0.25) is 0 Å². The van der Waals surface area contributed by atoms with Crippen LogP contribution in [-0.2, 0) is 0 Å². The molecule has 1 heterocycles. The normalized spacial score (nSPS) is 12.2. The van der Waals surface area contributed by atoms with E-state index < -0.39 is 11.9 Å². The molecule has 2 rings (SSSR count). The minimum absolute atomic E-state index is 0.00209. The zero-order chi connectivity index (χ0) is 13.1. The molecule has 0 bridgehead atoms. The van der Waals surface area contributed by atoms with Gasteiger partial charge >= 0.3 is 0 Å². The number of hydrogen-bond acceptors (Lipinski definition) is 3. The predicted molar refractivity (Wildman–Crippen MR) is 66.4 cm³/mol. The summed E-state index contributed by atoms with van der Waals surface area (Å²) in [5.41, 5.74) is 0.641. The van der Waals surface area contributed by atoms with Crippen LogP contribution in [0.1, 0.15) is 18.6 Å². The number of aromatic nitrogens is 1. The van der Waals surface area contributed by atoms with Crippen molar-refractivity contribution in [3.63, 3.8) is 0 Å². The Kier molecular flexibility index (Phi) is 3.79. The van der Waals surface area contributed by atoms with Crippen LogP contribution in [0.5, 0.6) is 11.6 Å². The largest absolute Gasteiger partial charge is 0.436 e. The maximum atomic E-state index is 13.6. The summed E-state index contributed by atoms with van der Waals surface area (Å²) >= 11 is 5.65. The number of hydrogen-bond donors (Lipinski definition) is 1. The van der Waals surface area contributed by atoms with Crippen molar-refractivity contribution >= 4 is 11.6 Å². The third-order valence-electron chi connectivity index (χ3n) is 2.37. The first-order valence-corrected chi connectivity index (χ1v) is 5.71. The van der Waals surface area contributed by atoms with E-state index in [-0.39, 0.29) is 16.7 Å². The van der Waals surface area contributed by atoms with Crippen LogP contribution >= 0.6 is 11.6 Å². The molecule has 0 aliphatic rings. The molecular formula is C13H11ClFNO2. The van der Waals surface area contributed by atoms with Gasteiger partial charge in [0.25, 0.3) is 0 Å². The molecule has 5 heteroatoms. The van der Waals surface area contributed by atoms with Gasteiger partial charge in [-0.2, -0.15) is 0 Å². The van der Waals surface area contributed by atoms with Crippen LogP contribution in [0, 0.1) is 5.82 Å². The quantitative estimate of drug-likeness (QED) is 0.922. The summed E-state index contributed by atoms with van der Waals surface area (Å²) in [6.07, 6.45) is 0.847. The van der Waals surface area contributed by atoms with E-state index in [1.165, 1.54) is 18.3 Å². The Bertz CT molecular complexity index is 560. The van der Waals surface area contributed by atoms with Crippen molar-refractivity contribution in [1.29, 1.82) is 0 Å². The van der Waals surface area contributed by atoms with Crippen molar-refractivity contribution in [2.45, 2.75) is 13.0 Å². The number of aliphatic hydroxyl groups is 1. The molecule has 18 heavy (non-hydrogen) atoms. The molecule has 0 saturated carbocycles. The van der Waals surface area contributed by atoms with Crippen molar-refractivity contribution in [3.05, 3.63) is 52.9 Å². The Balaban J connectivity index is 2.28. The molecule has 0 aliphatic carbocycles. The summed E-state index contributed by atoms with van der Waals surface area (Å²) in [4.78, 5) is 3.94. The van der Waals surface area contributed by atoms with E-state index in [2.05, 4.69) is 4.98 Å². The van der Waals surface area contributed by atoms with Gasteiger partial charge in [0, 0.05) is 12.3 Å². The zero-order valence-corrected chi connectivity index (χ0v) is 10.4. The number of aliphatic hydroxyl groups excluding tert-OH is 1. The average Bonchev–Trinajstić information content (AvgIpc) is 2.35. The van der Waals surface area contributed by atoms with Gasteiger partial charge in [0.05, 0.1) is 11.1 Å². The molecule has 1 atom stereocenters. The second kappa shape index (κ2) is 5.33. The fourth-order valence-electron chi connectivity index (χ4n) is 1.42. The van der Waals surface area contributed by atoms with Crippen molar-refractivity contribution in [2.75, 3.05) is 0 Å². The lowest BCUT2D eigenvalue weighted by Crippen LogP contribution is -1.95. The summed E-state index contributed by atoms with van der Waals surface area (Å²) < 4.78 is 18.9. The lowest BCUT2D eigenvalue weighted by molar-refractivity contribution is 0.198. The summed E-state index contributed by atoms with van der Waals surface area (Å²) in [6, 6.07) is 7.68. The Hall–Kier alpha value is -1.65. The van der Waals surface area contributed by atoms with Crippen LogP contribution in [0.4, 0.5) is 4.39 Å². The first-order valence-electron chi connectivity index (χ1n) is 5.34. The highest BCUT2D eigenvalue weighted by atomic mass is 35.5. The number of pyridine rings is 1. The molecule has 0 saturated heterocycles. The Labute approximate surface area is 109 Å². The molecule has 1 N–H and O–H groups in total. The van der Waals surface area contributed by atoms with Gasteiger partial charge in [0.1, 0.15) is 0 Å². The Morgan fingerprint density at radius 3 is 2.89 bits per heavy atom. The molecule has 0 amide bonds. The first kappa shape index (κ1) is 12.8. The lowest BCUT2D eigenvalue weighted by atomic mass is 10.2. The van der Waals surface area contributed by atoms with Gasteiger partial charge in [-0.1, -0.05) is 17.7 Å². The molecule has 0 fully saturated rings. The minimum Gasteiger partial charge on any atom is -0.436 e. The van der Waals surface area contributed by atoms with E-state index in [1.807, 2.05) is 0 Å².